The molecule has 0 fully saturated rings. The first-order chi connectivity index (χ1) is 12.2. The molecule has 9 heteroatoms. The fourth-order valence-corrected chi connectivity index (χ4v) is 2.10. The lowest BCUT2D eigenvalue weighted by molar-refractivity contribution is -0.136. The monoisotopic (exact) mass is 402 g/mol. The summed E-state index contributed by atoms with van der Waals surface area (Å²) in [6.07, 6.45) is 0. The molecule has 0 aromatic heterocycles. The molecule has 0 aliphatic carbocycles. The molecular weight excluding hydrogens is 375 g/mol. The Kier molecular flexibility index (Phi) is 11.2. The van der Waals surface area contributed by atoms with E-state index in [1.807, 2.05) is 13.8 Å². The number of nitrogens with two attached hydrogens (primary N) is 1. The molecular formula is C18H28ClFN4O3. The molecule has 0 bridgehead atoms. The van der Waals surface area contributed by atoms with Gasteiger partial charge in [-0.3, -0.25) is 14.4 Å². The maximum Gasteiger partial charge on any atom is 0.242 e. The molecule has 7 nitrogen and oxygen atoms in total. The summed E-state index contributed by atoms with van der Waals surface area (Å²) in [6, 6.07) is 5.09. The molecule has 0 saturated heterocycles. The number of nitrogens with one attached hydrogen (secondary N) is 2. The molecule has 1 aromatic carbocycles. The Bertz CT molecular complexity index is 626. The fourth-order valence-electron chi connectivity index (χ4n) is 2.10. The van der Waals surface area contributed by atoms with Crippen molar-refractivity contribution in [2.24, 2.45) is 11.7 Å². The van der Waals surface area contributed by atoms with Gasteiger partial charge in [-0.05, 0) is 30.5 Å². The molecule has 0 unspecified atom stereocenters. The Balaban J connectivity index is 0.00000676. The van der Waals surface area contributed by atoms with Gasteiger partial charge < -0.3 is 21.3 Å². The van der Waals surface area contributed by atoms with E-state index < -0.39 is 11.9 Å². The van der Waals surface area contributed by atoms with Crippen LogP contribution in [0.25, 0.3) is 0 Å². The van der Waals surface area contributed by atoms with Gasteiger partial charge in [0.2, 0.25) is 17.7 Å². The summed E-state index contributed by atoms with van der Waals surface area (Å²) in [5.41, 5.74) is 6.47. The number of hydrogen-bond donors (Lipinski definition) is 3. The van der Waals surface area contributed by atoms with E-state index in [0.717, 1.165) is 5.56 Å². The van der Waals surface area contributed by atoms with E-state index in [1.165, 1.54) is 17.0 Å². The van der Waals surface area contributed by atoms with Crippen LogP contribution >= 0.6 is 12.4 Å². The average Bonchev–Trinajstić information content (AvgIpc) is 2.62. The van der Waals surface area contributed by atoms with Crippen molar-refractivity contribution in [2.45, 2.75) is 33.4 Å². The summed E-state index contributed by atoms with van der Waals surface area (Å²) in [4.78, 5) is 37.3. The van der Waals surface area contributed by atoms with Crippen molar-refractivity contribution in [3.8, 4) is 0 Å². The third-order valence-electron chi connectivity index (χ3n) is 3.91. The van der Waals surface area contributed by atoms with Crippen LogP contribution in [-0.4, -0.2) is 48.3 Å². The van der Waals surface area contributed by atoms with E-state index in [2.05, 4.69) is 10.6 Å². The topological polar surface area (TPSA) is 105 Å². The molecule has 1 aromatic rings. The van der Waals surface area contributed by atoms with Crippen molar-refractivity contribution in [1.82, 2.24) is 15.5 Å². The minimum atomic E-state index is -0.683. The highest BCUT2D eigenvalue weighted by Gasteiger charge is 2.20. The molecule has 0 saturated carbocycles. The zero-order valence-electron chi connectivity index (χ0n) is 15.8. The lowest BCUT2D eigenvalue weighted by Gasteiger charge is -2.21. The van der Waals surface area contributed by atoms with Gasteiger partial charge in [-0.25, -0.2) is 4.39 Å². The number of hydrogen-bond acceptors (Lipinski definition) is 4. The molecule has 0 aliphatic rings. The van der Waals surface area contributed by atoms with Gasteiger partial charge in [0.25, 0.3) is 0 Å². The molecule has 0 radical (unpaired) electrons. The summed E-state index contributed by atoms with van der Waals surface area (Å²) in [5.74, 6) is -1.49. The molecule has 152 valence electrons. The standard InChI is InChI=1S/C18H27FN4O3.ClH/c1-4-23(16(25)10-22-18(26)17(20)12(2)3)11-15(24)21-9-13-5-7-14(19)8-6-13;/h5-8,12,17H,4,9-11,20H2,1-3H3,(H,21,24)(H,22,26);1H/t17-;/m0./s1. The van der Waals surface area contributed by atoms with Gasteiger partial charge in [0, 0.05) is 13.1 Å². The molecule has 4 N–H and O–H groups in total. The molecule has 3 amide bonds. The summed E-state index contributed by atoms with van der Waals surface area (Å²) >= 11 is 0. The number of carbonyl (C=O) groups is 3. The van der Waals surface area contributed by atoms with Crippen molar-refractivity contribution in [3.05, 3.63) is 35.6 Å². The van der Waals surface area contributed by atoms with Crippen molar-refractivity contribution in [3.63, 3.8) is 0 Å². The first kappa shape index (κ1) is 24.8. The summed E-state index contributed by atoms with van der Waals surface area (Å²) in [5, 5.41) is 5.17. The van der Waals surface area contributed by atoms with Gasteiger partial charge in [0.05, 0.1) is 19.1 Å². The lowest BCUT2D eigenvalue weighted by Crippen LogP contribution is -2.49. The van der Waals surface area contributed by atoms with Gasteiger partial charge in [-0.15, -0.1) is 12.4 Å². The second-order valence-corrected chi connectivity index (χ2v) is 6.30. The molecule has 0 heterocycles. The Labute approximate surface area is 165 Å². The second kappa shape index (κ2) is 12.2. The minimum absolute atomic E-state index is 0. The van der Waals surface area contributed by atoms with Gasteiger partial charge in [0.15, 0.2) is 0 Å². The highest BCUT2D eigenvalue weighted by molar-refractivity contribution is 5.89. The third kappa shape index (κ3) is 8.83. The zero-order valence-corrected chi connectivity index (χ0v) is 16.6. The fraction of sp³-hybridized carbons (Fsp3) is 0.500. The highest BCUT2D eigenvalue weighted by Crippen LogP contribution is 2.02. The number of likely N-dealkylation sites (N-methyl/N-ethyl adjacent to an activating group) is 1. The van der Waals surface area contributed by atoms with Crippen LogP contribution in [0.4, 0.5) is 4.39 Å². The van der Waals surface area contributed by atoms with Crippen LogP contribution in [0.5, 0.6) is 0 Å². The second-order valence-electron chi connectivity index (χ2n) is 6.30. The van der Waals surface area contributed by atoms with Crippen LogP contribution in [0.15, 0.2) is 24.3 Å². The molecule has 27 heavy (non-hydrogen) atoms. The predicted molar refractivity (Wildman–Crippen MR) is 104 cm³/mol. The van der Waals surface area contributed by atoms with Crippen LogP contribution < -0.4 is 16.4 Å². The number of rotatable bonds is 9. The SMILES string of the molecule is CCN(CC(=O)NCc1ccc(F)cc1)C(=O)CNC(=O)[C@@H](N)C(C)C.Cl. The van der Waals surface area contributed by atoms with Gasteiger partial charge >= 0.3 is 0 Å². The first-order valence-corrected chi connectivity index (χ1v) is 8.56. The maximum atomic E-state index is 12.8. The number of nitrogens with zero attached hydrogens (tertiary/aromatic N) is 1. The molecule has 1 atom stereocenters. The highest BCUT2D eigenvalue weighted by atomic mass is 35.5. The van der Waals surface area contributed by atoms with E-state index in [4.69, 9.17) is 5.73 Å². The maximum absolute atomic E-state index is 12.8. The van der Waals surface area contributed by atoms with Crippen molar-refractivity contribution < 1.29 is 18.8 Å². The summed E-state index contributed by atoms with van der Waals surface area (Å²) in [6.45, 7) is 5.61. The summed E-state index contributed by atoms with van der Waals surface area (Å²) in [7, 11) is 0. The molecule has 0 spiro atoms. The van der Waals surface area contributed by atoms with Crippen LogP contribution in [0.3, 0.4) is 0 Å². The molecule has 1 rings (SSSR count). The minimum Gasteiger partial charge on any atom is -0.350 e. The van der Waals surface area contributed by atoms with Crippen molar-refractivity contribution >= 4 is 30.1 Å². The van der Waals surface area contributed by atoms with E-state index in [1.54, 1.807) is 19.1 Å². The van der Waals surface area contributed by atoms with Crippen LogP contribution in [0.2, 0.25) is 0 Å². The number of amides is 3. The van der Waals surface area contributed by atoms with Crippen LogP contribution in [0, 0.1) is 11.7 Å². The largest absolute Gasteiger partial charge is 0.350 e. The van der Waals surface area contributed by atoms with E-state index >= 15 is 0 Å². The zero-order chi connectivity index (χ0) is 19.7. The van der Waals surface area contributed by atoms with E-state index in [-0.39, 0.29) is 55.6 Å². The predicted octanol–water partition coefficient (Wildman–Crippen LogP) is 0.812. The van der Waals surface area contributed by atoms with Gasteiger partial charge in [0.1, 0.15) is 5.82 Å². The van der Waals surface area contributed by atoms with Gasteiger partial charge in [-0.2, -0.15) is 0 Å². The Morgan fingerprint density at radius 1 is 1.15 bits per heavy atom. The summed E-state index contributed by atoms with van der Waals surface area (Å²) < 4.78 is 12.8. The smallest absolute Gasteiger partial charge is 0.242 e. The van der Waals surface area contributed by atoms with E-state index in [0.29, 0.717) is 6.54 Å². The lowest BCUT2D eigenvalue weighted by atomic mass is 10.1. The first-order valence-electron chi connectivity index (χ1n) is 8.56. The van der Waals surface area contributed by atoms with E-state index in [9.17, 15) is 18.8 Å². The van der Waals surface area contributed by atoms with Crippen molar-refractivity contribution in [2.75, 3.05) is 19.6 Å². The quantitative estimate of drug-likeness (QED) is 0.568. The van der Waals surface area contributed by atoms with Crippen molar-refractivity contribution in [1.29, 1.82) is 0 Å². The van der Waals surface area contributed by atoms with Gasteiger partial charge in [-0.1, -0.05) is 26.0 Å². The average molecular weight is 403 g/mol. The number of benzene rings is 1. The number of halogens is 2. The van der Waals surface area contributed by atoms with Crippen LogP contribution in [-0.2, 0) is 20.9 Å². The Hall–Kier alpha value is -2.19. The normalized spacial score (nSPS) is 11.3. The Morgan fingerprint density at radius 3 is 2.26 bits per heavy atom. The van der Waals surface area contributed by atoms with Crippen LogP contribution in [0.1, 0.15) is 26.3 Å². The Morgan fingerprint density at radius 2 is 1.74 bits per heavy atom. The molecule has 0 aliphatic heterocycles. The number of carbonyl (C=O) groups excluding carboxylic acids is 3. The third-order valence-corrected chi connectivity index (χ3v) is 3.91.